The van der Waals surface area contributed by atoms with Crippen molar-refractivity contribution >= 4 is 34.1 Å². The van der Waals surface area contributed by atoms with E-state index in [9.17, 15) is 45.4 Å². The third-order valence-corrected chi connectivity index (χ3v) is 10.4. The lowest BCUT2D eigenvalue weighted by Crippen LogP contribution is -2.24. The van der Waals surface area contributed by atoms with Gasteiger partial charge in [-0.3, -0.25) is 19.0 Å². The Hall–Kier alpha value is -5.21. The molecule has 58 heavy (non-hydrogen) atoms. The Labute approximate surface area is 329 Å². The lowest BCUT2D eigenvalue weighted by molar-refractivity contribution is -0.170. The van der Waals surface area contributed by atoms with Crippen molar-refractivity contribution in [3.05, 3.63) is 98.7 Å². The molecule has 2 aromatic carbocycles. The molecule has 0 radical (unpaired) electrons. The number of aliphatic hydroxyl groups is 1. The van der Waals surface area contributed by atoms with Gasteiger partial charge in [-0.05, 0) is 74.4 Å². The smallest absolute Gasteiger partial charge is 0.378 e. The van der Waals surface area contributed by atoms with Gasteiger partial charge < -0.3 is 5.11 Å². The van der Waals surface area contributed by atoms with Gasteiger partial charge in [-0.1, -0.05) is 23.6 Å². The third kappa shape index (κ3) is 7.83. The van der Waals surface area contributed by atoms with Gasteiger partial charge in [0, 0.05) is 53.4 Å². The Morgan fingerprint density at radius 3 is 2.33 bits per heavy atom. The third-order valence-electron chi connectivity index (χ3n) is 10.1. The lowest BCUT2D eigenvalue weighted by atomic mass is 9.86. The van der Waals surface area contributed by atoms with Crippen LogP contribution in [0.15, 0.2) is 42.5 Å². The Bertz CT molecular complexity index is 2540. The number of alkyl halides is 7. The first-order valence-corrected chi connectivity index (χ1v) is 18.2. The summed E-state index contributed by atoms with van der Waals surface area (Å²) in [6, 6.07) is 8.40. The van der Waals surface area contributed by atoms with E-state index in [0.717, 1.165) is 12.1 Å². The van der Waals surface area contributed by atoms with Crippen LogP contribution in [-0.4, -0.2) is 53.0 Å². The summed E-state index contributed by atoms with van der Waals surface area (Å²) >= 11 is 6.49. The Morgan fingerprint density at radius 1 is 1.02 bits per heavy atom. The summed E-state index contributed by atoms with van der Waals surface area (Å²) in [5, 5.41) is 18.2. The molecule has 1 fully saturated rings. The number of ketones is 2. The zero-order valence-electron chi connectivity index (χ0n) is 30.7. The number of aromatic nitrogens is 5. The number of hydrogen-bond acceptors (Lipinski definition) is 6. The molecule has 0 spiro atoms. The minimum atomic E-state index is -5.17. The highest BCUT2D eigenvalue weighted by Crippen LogP contribution is 2.68. The number of carbonyl (C=O) groups is 2. The van der Waals surface area contributed by atoms with Gasteiger partial charge in [0.15, 0.2) is 5.78 Å². The molecule has 304 valence electrons. The van der Waals surface area contributed by atoms with Crippen LogP contribution >= 0.6 is 11.6 Å². The van der Waals surface area contributed by atoms with Crippen LogP contribution in [0.3, 0.4) is 0 Å². The molecule has 5 aromatic rings. The van der Waals surface area contributed by atoms with E-state index in [1.165, 1.54) is 49.8 Å². The number of nitrogens with zero attached hydrogens (tertiary/aromatic N) is 5. The van der Waals surface area contributed by atoms with E-state index in [4.69, 9.17) is 16.6 Å². The molecule has 18 heteroatoms. The van der Waals surface area contributed by atoms with Crippen molar-refractivity contribution in [3.63, 3.8) is 0 Å². The second-order valence-electron chi connectivity index (χ2n) is 15.0. The molecule has 3 atom stereocenters. The molecule has 3 heterocycles. The Balaban J connectivity index is 1.38. The number of Topliss-reactive ketones (excluding diaryl/α,β-unsaturated/α-hetero) is 2. The second-order valence-corrected chi connectivity index (χ2v) is 15.4. The number of aryl methyl sites for hydroxylation is 1. The summed E-state index contributed by atoms with van der Waals surface area (Å²) in [6.45, 7) is 1.94. The highest BCUT2D eigenvalue weighted by Gasteiger charge is 2.67. The summed E-state index contributed by atoms with van der Waals surface area (Å²) in [7, 11) is 1.40. The van der Waals surface area contributed by atoms with Crippen LogP contribution < -0.4 is 0 Å². The van der Waals surface area contributed by atoms with Crippen molar-refractivity contribution in [3.8, 4) is 23.0 Å². The van der Waals surface area contributed by atoms with Crippen molar-refractivity contribution in [2.75, 3.05) is 0 Å². The van der Waals surface area contributed by atoms with Crippen LogP contribution in [0.1, 0.15) is 84.5 Å². The first kappa shape index (κ1) is 41.0. The Morgan fingerprint density at radius 2 is 1.69 bits per heavy atom. The monoisotopic (exact) mass is 835 g/mol. The van der Waals surface area contributed by atoms with Gasteiger partial charge in [0.2, 0.25) is 5.78 Å². The van der Waals surface area contributed by atoms with Crippen molar-refractivity contribution in [1.82, 2.24) is 24.5 Å². The van der Waals surface area contributed by atoms with Crippen molar-refractivity contribution in [2.24, 2.45) is 13.0 Å². The van der Waals surface area contributed by atoms with E-state index in [1.54, 1.807) is 0 Å². The summed E-state index contributed by atoms with van der Waals surface area (Å²) in [6.07, 6.45) is -10.4. The minimum absolute atomic E-state index is 0.00152. The quantitative estimate of drug-likeness (QED) is 0.106. The number of benzene rings is 2. The minimum Gasteiger partial charge on any atom is -0.378 e. The highest BCUT2D eigenvalue weighted by molar-refractivity contribution is 6.36. The number of halogens is 10. The molecule has 0 aliphatic heterocycles. The number of hydrogen-bond donors (Lipinski definition) is 1. The molecule has 0 bridgehead atoms. The van der Waals surface area contributed by atoms with E-state index >= 15 is 8.78 Å². The van der Waals surface area contributed by atoms with E-state index in [2.05, 4.69) is 22.0 Å². The molecular weight excluding hydrogens is 805 g/mol. The predicted molar refractivity (Wildman–Crippen MR) is 191 cm³/mol. The van der Waals surface area contributed by atoms with Crippen molar-refractivity contribution in [2.45, 2.75) is 82.0 Å². The maximum atomic E-state index is 15.4. The van der Waals surface area contributed by atoms with E-state index in [-0.39, 0.29) is 68.1 Å². The average molecular weight is 836 g/mol. The summed E-state index contributed by atoms with van der Waals surface area (Å²) in [5.41, 5.74) is -2.96. The molecule has 8 nitrogen and oxygen atoms in total. The first-order chi connectivity index (χ1) is 27.0. The zero-order valence-corrected chi connectivity index (χ0v) is 31.4. The summed E-state index contributed by atoms with van der Waals surface area (Å²) in [5.74, 6) is -6.14. The van der Waals surface area contributed by atoms with Crippen LogP contribution in [0.5, 0.6) is 0 Å². The van der Waals surface area contributed by atoms with E-state index in [0.29, 0.717) is 10.7 Å². The average Bonchev–Trinajstić information content (AvgIpc) is 3.65. The van der Waals surface area contributed by atoms with E-state index < -0.39 is 95.9 Å². The van der Waals surface area contributed by atoms with Gasteiger partial charge in [0.05, 0.1) is 28.3 Å². The molecular formula is C40H31ClF9N5O3. The first-order valence-electron chi connectivity index (χ1n) is 17.8. The topological polar surface area (TPSA) is 103 Å². The Kier molecular flexibility index (Phi) is 10.3. The van der Waals surface area contributed by atoms with Crippen LogP contribution in [0.25, 0.3) is 22.0 Å². The molecule has 1 N–H and O–H groups in total. The molecule has 7 rings (SSSR count). The van der Waals surface area contributed by atoms with Crippen LogP contribution in [0.4, 0.5) is 39.5 Å². The van der Waals surface area contributed by atoms with Gasteiger partial charge in [0.1, 0.15) is 40.9 Å². The number of carbonyl (C=O) groups excluding carboxylic acids is 2. The van der Waals surface area contributed by atoms with Crippen LogP contribution in [0.2, 0.25) is 5.02 Å². The van der Waals surface area contributed by atoms with E-state index in [1.807, 2.05) is 0 Å². The van der Waals surface area contributed by atoms with Crippen LogP contribution in [0, 0.1) is 29.4 Å². The van der Waals surface area contributed by atoms with Gasteiger partial charge in [-0.15, -0.1) is 0 Å². The molecule has 2 aliphatic rings. The maximum absolute atomic E-state index is 15.4. The molecule has 0 amide bonds. The fourth-order valence-corrected chi connectivity index (χ4v) is 7.98. The highest BCUT2D eigenvalue weighted by atomic mass is 35.5. The predicted octanol–water partition coefficient (Wildman–Crippen LogP) is 8.69. The normalized spacial score (nSPS) is 17.6. The molecule has 0 unspecified atom stereocenters. The number of rotatable bonds is 11. The second kappa shape index (κ2) is 14.6. The number of fused-ring (bicyclic) bond motifs is 4. The fraction of sp³-hybridized carbons (Fsp3) is 0.375. The molecule has 3 aromatic heterocycles. The zero-order chi connectivity index (χ0) is 42.2. The fourth-order valence-electron chi connectivity index (χ4n) is 7.71. The van der Waals surface area contributed by atoms with Crippen molar-refractivity contribution < 1.29 is 54.2 Å². The van der Waals surface area contributed by atoms with Gasteiger partial charge in [-0.2, -0.15) is 32.1 Å². The largest absolute Gasteiger partial charge is 0.450 e. The molecule has 1 saturated carbocycles. The van der Waals surface area contributed by atoms with Crippen LogP contribution in [-0.2, 0) is 41.9 Å². The summed E-state index contributed by atoms with van der Waals surface area (Å²) in [4.78, 5) is 30.7. The van der Waals surface area contributed by atoms with Gasteiger partial charge in [0.25, 0.3) is 12.3 Å². The molecule has 2 aliphatic carbocycles. The van der Waals surface area contributed by atoms with Gasteiger partial charge >= 0.3 is 6.18 Å². The maximum Gasteiger partial charge on any atom is 0.450 e. The van der Waals surface area contributed by atoms with Gasteiger partial charge in [-0.25, -0.2) is 22.5 Å². The lowest BCUT2D eigenvalue weighted by Gasteiger charge is -2.22. The number of pyridine rings is 1. The van der Waals surface area contributed by atoms with Crippen molar-refractivity contribution in [1.29, 1.82) is 0 Å². The SMILES string of the molecule is Cn1nc(CC(=O)C(F)(F)F)c2c(Cl)ccc(-c3ccc(C#CC(C)(C)O)nc3[C@@H](CC(=O)Cn3nc(C(F)F)c4c3C(F)(F)[C@@H]3C[C@H]43)Cc3cc(F)cc(F)c3)c21. The standard InChI is InChI=1S/C40H31ClF9N5O3/c1-38(2,58)9-8-22-4-5-24(25-6-7-28(41)32-29(52-54(3)35(25)32)16-30(57)40(48,49)50)33(51-22)19(10-18-11-20(42)14-21(43)12-18)13-23(56)17-55-36-31(34(53-55)37(44)45)26-15-27(26)39(36,46)47/h4-7,11-12,14,19,26-27,37,58H,10,13,15-17H2,1-3H3/t19-,26+,27-/m1/s1. The summed E-state index contributed by atoms with van der Waals surface area (Å²) < 4.78 is 130. The molecule has 0 saturated heterocycles.